The third-order valence-electron chi connectivity index (χ3n) is 4.75. The third-order valence-corrected chi connectivity index (χ3v) is 5.33. The van der Waals surface area contributed by atoms with Gasteiger partial charge in [-0.2, -0.15) is 0 Å². The number of rotatable bonds is 7. The van der Waals surface area contributed by atoms with Gasteiger partial charge < -0.3 is 24.0 Å². The second kappa shape index (κ2) is 8.88. The molecule has 0 aliphatic heterocycles. The number of fused-ring (bicyclic) bond motifs is 1. The fraction of sp³-hybridized carbons (Fsp3) is 0.318. The summed E-state index contributed by atoms with van der Waals surface area (Å²) in [6.07, 6.45) is 0. The maximum atomic E-state index is 12.9. The van der Waals surface area contributed by atoms with Gasteiger partial charge in [0.15, 0.2) is 0 Å². The molecule has 1 aromatic heterocycles. The summed E-state index contributed by atoms with van der Waals surface area (Å²) in [4.78, 5) is 14.0. The SMILES string of the molecule is CCOC(=O)c1c(COc2ccccc2)n(C)c2cc(Br)c([O-])c(C[NH+](C)C)c12. The molecule has 1 heterocycles. The number of aryl methyl sites for hydroxylation is 1. The van der Waals surface area contributed by atoms with E-state index in [-0.39, 0.29) is 19.0 Å². The Morgan fingerprint density at radius 2 is 1.93 bits per heavy atom. The molecule has 0 aliphatic rings. The van der Waals surface area contributed by atoms with Crippen LogP contribution < -0.4 is 14.7 Å². The Morgan fingerprint density at radius 3 is 2.55 bits per heavy atom. The van der Waals surface area contributed by atoms with Crippen molar-refractivity contribution in [2.75, 3.05) is 20.7 Å². The molecule has 0 saturated carbocycles. The van der Waals surface area contributed by atoms with E-state index in [1.165, 1.54) is 0 Å². The van der Waals surface area contributed by atoms with E-state index in [4.69, 9.17) is 9.47 Å². The molecule has 29 heavy (non-hydrogen) atoms. The van der Waals surface area contributed by atoms with Crippen molar-refractivity contribution in [3.05, 3.63) is 57.7 Å². The van der Waals surface area contributed by atoms with Gasteiger partial charge in [0, 0.05) is 22.5 Å². The van der Waals surface area contributed by atoms with E-state index < -0.39 is 5.97 Å². The molecule has 7 heteroatoms. The molecule has 0 unspecified atom stereocenters. The maximum absolute atomic E-state index is 12.9. The molecular weight excluding hydrogens is 436 g/mol. The predicted octanol–water partition coefficient (Wildman–Crippen LogP) is 2.41. The number of nitrogens with zero attached hydrogens (tertiary/aromatic N) is 1. The van der Waals surface area contributed by atoms with Gasteiger partial charge in [0.25, 0.3) is 0 Å². The van der Waals surface area contributed by atoms with Crippen LogP contribution >= 0.6 is 15.9 Å². The number of aromatic nitrogens is 1. The van der Waals surface area contributed by atoms with Crippen molar-refractivity contribution in [2.45, 2.75) is 20.1 Å². The fourth-order valence-electron chi connectivity index (χ4n) is 3.45. The molecule has 1 N–H and O–H groups in total. The molecule has 0 aliphatic carbocycles. The first-order valence-corrected chi connectivity index (χ1v) is 10.3. The highest BCUT2D eigenvalue weighted by molar-refractivity contribution is 9.10. The van der Waals surface area contributed by atoms with Crippen LogP contribution in [0.5, 0.6) is 11.5 Å². The molecule has 0 spiro atoms. The summed E-state index contributed by atoms with van der Waals surface area (Å²) < 4.78 is 13.7. The van der Waals surface area contributed by atoms with Crippen molar-refractivity contribution in [3.63, 3.8) is 0 Å². The van der Waals surface area contributed by atoms with Crippen LogP contribution in [0.25, 0.3) is 10.9 Å². The first kappa shape index (κ1) is 21.2. The Hall–Kier alpha value is -2.51. The van der Waals surface area contributed by atoms with Crippen LogP contribution in [0.3, 0.4) is 0 Å². The van der Waals surface area contributed by atoms with Gasteiger partial charge in [0.05, 0.1) is 37.5 Å². The van der Waals surface area contributed by atoms with Crippen molar-refractivity contribution in [1.82, 2.24) is 4.57 Å². The second-order valence-corrected chi connectivity index (χ2v) is 8.00. The molecule has 154 valence electrons. The minimum atomic E-state index is -0.443. The fourth-order valence-corrected chi connectivity index (χ4v) is 3.91. The van der Waals surface area contributed by atoms with Gasteiger partial charge >= 0.3 is 5.97 Å². The molecule has 2 aromatic carbocycles. The molecule has 0 saturated heterocycles. The Morgan fingerprint density at radius 1 is 1.24 bits per heavy atom. The first-order chi connectivity index (χ1) is 13.8. The summed E-state index contributed by atoms with van der Waals surface area (Å²) in [6.45, 7) is 2.69. The van der Waals surface area contributed by atoms with Gasteiger partial charge in [-0.1, -0.05) is 39.9 Å². The second-order valence-electron chi connectivity index (χ2n) is 7.15. The molecule has 3 aromatic rings. The smallest absolute Gasteiger partial charge is 0.340 e. The molecule has 0 radical (unpaired) electrons. The minimum Gasteiger partial charge on any atom is -0.871 e. The largest absolute Gasteiger partial charge is 0.871 e. The van der Waals surface area contributed by atoms with Crippen LogP contribution in [0.1, 0.15) is 28.5 Å². The van der Waals surface area contributed by atoms with E-state index in [1.807, 2.05) is 56.0 Å². The Bertz CT molecular complexity index is 1030. The van der Waals surface area contributed by atoms with E-state index in [9.17, 15) is 9.90 Å². The highest BCUT2D eigenvalue weighted by atomic mass is 79.9. The van der Waals surface area contributed by atoms with Crippen molar-refractivity contribution >= 4 is 32.8 Å². The Kier molecular flexibility index (Phi) is 6.49. The summed E-state index contributed by atoms with van der Waals surface area (Å²) >= 11 is 3.39. The molecule has 0 fully saturated rings. The summed E-state index contributed by atoms with van der Waals surface area (Å²) in [5.74, 6) is 0.156. The van der Waals surface area contributed by atoms with E-state index in [0.717, 1.165) is 10.4 Å². The van der Waals surface area contributed by atoms with Gasteiger partial charge in [-0.05, 0) is 25.1 Å². The summed E-state index contributed by atoms with van der Waals surface area (Å²) in [5.41, 5.74) is 2.47. The summed E-state index contributed by atoms with van der Waals surface area (Å²) in [6, 6.07) is 11.2. The molecular formula is C22H25BrN2O4. The monoisotopic (exact) mass is 460 g/mol. The molecule has 0 bridgehead atoms. The van der Waals surface area contributed by atoms with Gasteiger partial charge in [-0.3, -0.25) is 0 Å². The molecule has 0 atom stereocenters. The van der Waals surface area contributed by atoms with Gasteiger partial charge in [0.2, 0.25) is 0 Å². The zero-order valence-electron chi connectivity index (χ0n) is 17.0. The predicted molar refractivity (Wildman–Crippen MR) is 113 cm³/mol. The summed E-state index contributed by atoms with van der Waals surface area (Å²) in [7, 11) is 5.81. The average molecular weight is 461 g/mol. The number of hydrogen-bond donors (Lipinski definition) is 1. The molecule has 0 amide bonds. The lowest BCUT2D eigenvalue weighted by molar-refractivity contribution is -0.872. The number of ether oxygens (including phenoxy) is 2. The minimum absolute atomic E-state index is 0.106. The van der Waals surface area contributed by atoms with Crippen molar-refractivity contribution < 1.29 is 24.3 Å². The van der Waals surface area contributed by atoms with E-state index >= 15 is 0 Å². The topological polar surface area (TPSA) is 68.0 Å². The van der Waals surface area contributed by atoms with Crippen LogP contribution in [0.4, 0.5) is 0 Å². The quantitative estimate of drug-likeness (QED) is 0.549. The van der Waals surface area contributed by atoms with E-state index in [0.29, 0.717) is 39.0 Å². The molecule has 6 nitrogen and oxygen atoms in total. The number of esters is 1. The normalized spacial score (nSPS) is 11.2. The lowest BCUT2D eigenvalue weighted by atomic mass is 10.0. The first-order valence-electron chi connectivity index (χ1n) is 9.48. The van der Waals surface area contributed by atoms with Crippen molar-refractivity contribution in [3.8, 4) is 11.5 Å². The number of hydrogen-bond acceptors (Lipinski definition) is 4. The van der Waals surface area contributed by atoms with Gasteiger partial charge in [-0.25, -0.2) is 4.79 Å². The summed E-state index contributed by atoms with van der Waals surface area (Å²) in [5, 5.41) is 13.5. The zero-order chi connectivity index (χ0) is 21.1. The number of para-hydroxylation sites is 1. The van der Waals surface area contributed by atoms with Crippen molar-refractivity contribution in [1.29, 1.82) is 0 Å². The highest BCUT2D eigenvalue weighted by Gasteiger charge is 2.26. The standard InChI is InChI=1S/C22H25BrN2O4/c1-5-28-22(27)20-18(13-29-14-9-7-6-8-10-14)25(4)17-11-16(23)21(26)15(19(17)20)12-24(2)3/h6-11,26H,5,12-13H2,1-4H3. The third kappa shape index (κ3) is 4.26. The number of carbonyl (C=O) groups excluding carboxylic acids is 1. The van der Waals surface area contributed by atoms with E-state index in [2.05, 4.69) is 15.9 Å². The van der Waals surface area contributed by atoms with Crippen LogP contribution in [-0.4, -0.2) is 31.2 Å². The highest BCUT2D eigenvalue weighted by Crippen LogP contribution is 2.38. The Balaban J connectivity index is 2.22. The lowest BCUT2D eigenvalue weighted by Gasteiger charge is -2.19. The number of quaternary nitrogens is 1. The van der Waals surface area contributed by atoms with Gasteiger partial charge in [-0.15, -0.1) is 0 Å². The Labute approximate surface area is 178 Å². The van der Waals surface area contributed by atoms with E-state index in [1.54, 1.807) is 13.0 Å². The number of benzene rings is 2. The van der Waals surface area contributed by atoms with Crippen LogP contribution in [-0.2, 0) is 24.9 Å². The van der Waals surface area contributed by atoms with Crippen LogP contribution in [0.2, 0.25) is 0 Å². The number of carbonyl (C=O) groups is 1. The van der Waals surface area contributed by atoms with Gasteiger partial charge in [0.1, 0.15) is 18.9 Å². The lowest BCUT2D eigenvalue weighted by Crippen LogP contribution is -3.04. The maximum Gasteiger partial charge on any atom is 0.340 e. The number of halogens is 1. The van der Waals surface area contributed by atoms with Crippen LogP contribution in [0, 0.1) is 0 Å². The zero-order valence-corrected chi connectivity index (χ0v) is 18.6. The van der Waals surface area contributed by atoms with Crippen LogP contribution in [0.15, 0.2) is 40.9 Å². The van der Waals surface area contributed by atoms with Crippen molar-refractivity contribution in [2.24, 2.45) is 7.05 Å². The number of nitrogens with one attached hydrogen (secondary N) is 1. The average Bonchev–Trinajstić information content (AvgIpc) is 2.96. The molecule has 3 rings (SSSR count).